The predicted octanol–water partition coefficient (Wildman–Crippen LogP) is 5.83. The number of anilines is 1. The number of para-hydroxylation sites is 1. The van der Waals surface area contributed by atoms with Gasteiger partial charge in [-0.1, -0.05) is 88.3 Å². The van der Waals surface area contributed by atoms with Crippen molar-refractivity contribution in [2.75, 3.05) is 18.4 Å². The summed E-state index contributed by atoms with van der Waals surface area (Å²) < 4.78 is 38.7. The molecule has 0 aromatic heterocycles. The molecular weight excluding hydrogens is 748 g/mol. The Morgan fingerprint density at radius 3 is 1.98 bits per heavy atom. The number of sulfonamides is 1. The number of aryl methyl sites for hydroxylation is 1. The quantitative estimate of drug-likeness (QED) is 0.0714. The van der Waals surface area contributed by atoms with Crippen LogP contribution in [0.1, 0.15) is 39.8 Å². The van der Waals surface area contributed by atoms with Crippen LogP contribution in [0.15, 0.2) is 108 Å². The number of nitrogens with one attached hydrogen (secondary N) is 4. The first kappa shape index (κ1) is 46.2. The van der Waals surface area contributed by atoms with E-state index in [0.717, 1.165) is 5.56 Å². The lowest BCUT2D eigenvalue weighted by molar-refractivity contribution is -0.140. The maximum atomic E-state index is 13.6. The van der Waals surface area contributed by atoms with Gasteiger partial charge in [-0.3, -0.25) is 14.9 Å². The van der Waals surface area contributed by atoms with Crippen LogP contribution in [0.3, 0.4) is 0 Å². The highest BCUT2D eigenvalue weighted by molar-refractivity contribution is 7.89. The molecule has 4 rings (SSSR count). The van der Waals surface area contributed by atoms with E-state index in [2.05, 4.69) is 20.7 Å². The minimum absolute atomic E-state index is 0. The maximum absolute atomic E-state index is 13.6. The Hall–Kier alpha value is -4.99. The fourth-order valence-electron chi connectivity index (χ4n) is 5.03. The van der Waals surface area contributed by atoms with Gasteiger partial charge in [0.25, 0.3) is 11.8 Å². The lowest BCUT2D eigenvalue weighted by atomic mass is 9.96. The number of amides is 3. The third kappa shape index (κ3) is 14.3. The molecule has 3 amide bonds. The highest BCUT2D eigenvalue weighted by atomic mass is 35.5. The Bertz CT molecular complexity index is 1910. The molecule has 0 heterocycles. The molecule has 0 saturated carbocycles. The van der Waals surface area contributed by atoms with Crippen molar-refractivity contribution in [2.45, 2.75) is 71.3 Å². The smallest absolute Gasteiger partial charge is 0.412 e. The number of hydrogen-bond acceptors (Lipinski definition) is 9. The first-order valence-electron chi connectivity index (χ1n) is 16.8. The number of carbonyl (C=O) groups excluding carboxylic acids is 3. The summed E-state index contributed by atoms with van der Waals surface area (Å²) in [4.78, 5) is 39.4. The van der Waals surface area contributed by atoms with Crippen LogP contribution >= 0.6 is 11.6 Å². The van der Waals surface area contributed by atoms with E-state index in [4.69, 9.17) is 21.1 Å². The summed E-state index contributed by atoms with van der Waals surface area (Å²) in [6, 6.07) is 27.2. The standard InChI is InChI=1S/C38H43ClN4O9S.2CH4/c1-24(2)35(52-38(48)42-28-15-17-30(18-16-28)51-29-7-5-4-6-8-29)37(47)43-32(23-26-11-13-27(39)14-12-26)33(44)34(45)36(46)40-21-22-41-53(49,50)31-19-9-25(3)10-20-31;;/h4-20,24,32-35,41,44-45H,21-23H2,1-3H3,(H,40,46)(H,42,48)(H,43,47);2*1H4. The summed E-state index contributed by atoms with van der Waals surface area (Å²) in [6.07, 6.45) is -6.15. The van der Waals surface area contributed by atoms with E-state index in [1.165, 1.54) is 12.1 Å². The largest absolute Gasteiger partial charge is 0.457 e. The van der Waals surface area contributed by atoms with Crippen molar-refractivity contribution >= 4 is 45.2 Å². The maximum Gasteiger partial charge on any atom is 0.412 e. The lowest BCUT2D eigenvalue weighted by Gasteiger charge is -2.30. The van der Waals surface area contributed by atoms with Gasteiger partial charge in [0.15, 0.2) is 12.2 Å². The SMILES string of the molecule is C.C.Cc1ccc(S(=O)(=O)NCCNC(=O)C(O)C(O)C(Cc2ccc(Cl)cc2)NC(=O)C(OC(=O)Nc2ccc(Oc3ccccc3)cc2)C(C)C)cc1. The summed E-state index contributed by atoms with van der Waals surface area (Å²) in [5.41, 5.74) is 1.88. The van der Waals surface area contributed by atoms with E-state index in [1.807, 2.05) is 25.1 Å². The molecule has 4 aromatic rings. The second-order valence-electron chi connectivity index (χ2n) is 12.5. The van der Waals surface area contributed by atoms with Gasteiger partial charge in [0.05, 0.1) is 10.9 Å². The molecule has 55 heavy (non-hydrogen) atoms. The predicted molar refractivity (Wildman–Crippen MR) is 214 cm³/mol. The third-order valence-electron chi connectivity index (χ3n) is 7.93. The number of carbonyl (C=O) groups is 3. The zero-order chi connectivity index (χ0) is 38.5. The van der Waals surface area contributed by atoms with E-state index in [-0.39, 0.29) is 39.3 Å². The Morgan fingerprint density at radius 2 is 1.38 bits per heavy atom. The normalized spacial score (nSPS) is 13.1. The molecule has 4 unspecified atom stereocenters. The van der Waals surface area contributed by atoms with E-state index >= 15 is 0 Å². The zero-order valence-corrected chi connectivity index (χ0v) is 30.9. The lowest BCUT2D eigenvalue weighted by Crippen LogP contribution is -2.56. The third-order valence-corrected chi connectivity index (χ3v) is 9.65. The first-order chi connectivity index (χ1) is 25.2. The molecule has 4 aromatic carbocycles. The summed E-state index contributed by atoms with van der Waals surface area (Å²) in [5.74, 6) is -1.12. The molecule has 15 heteroatoms. The average Bonchev–Trinajstić information content (AvgIpc) is 3.13. The van der Waals surface area contributed by atoms with Gasteiger partial charge in [-0.25, -0.2) is 17.9 Å². The molecule has 0 aliphatic rings. The molecule has 0 radical (unpaired) electrons. The molecule has 0 aliphatic carbocycles. The zero-order valence-electron chi connectivity index (χ0n) is 29.4. The average molecular weight is 799 g/mol. The summed E-state index contributed by atoms with van der Waals surface area (Å²) >= 11 is 6.02. The number of ether oxygens (including phenoxy) is 2. The molecule has 0 saturated heterocycles. The van der Waals surface area contributed by atoms with Crippen LogP contribution in [0.4, 0.5) is 10.5 Å². The fraction of sp³-hybridized carbons (Fsp3) is 0.325. The molecule has 13 nitrogen and oxygen atoms in total. The van der Waals surface area contributed by atoms with Crippen molar-refractivity contribution in [1.82, 2.24) is 15.4 Å². The number of hydrogen-bond donors (Lipinski definition) is 6. The summed E-state index contributed by atoms with van der Waals surface area (Å²) in [6.45, 7) is 4.74. The van der Waals surface area contributed by atoms with Crippen molar-refractivity contribution in [2.24, 2.45) is 5.92 Å². The molecule has 0 fully saturated rings. The number of aliphatic hydroxyl groups excluding tert-OH is 2. The van der Waals surface area contributed by atoms with Gasteiger partial charge in [0.1, 0.15) is 17.6 Å². The molecule has 298 valence electrons. The van der Waals surface area contributed by atoms with E-state index < -0.39 is 58.2 Å². The van der Waals surface area contributed by atoms with Crippen LogP contribution in [0, 0.1) is 12.8 Å². The summed E-state index contributed by atoms with van der Waals surface area (Å²) in [7, 11) is -3.85. The van der Waals surface area contributed by atoms with E-state index in [1.54, 1.807) is 86.6 Å². The monoisotopic (exact) mass is 798 g/mol. The molecule has 0 aliphatic heterocycles. The van der Waals surface area contributed by atoms with Crippen molar-refractivity contribution < 1.29 is 42.5 Å². The van der Waals surface area contributed by atoms with E-state index in [0.29, 0.717) is 27.8 Å². The molecular formula is C40H51ClN4O9S. The van der Waals surface area contributed by atoms with Gasteiger partial charge in [0, 0.05) is 23.8 Å². The first-order valence-corrected chi connectivity index (χ1v) is 18.6. The fourth-order valence-corrected chi connectivity index (χ4v) is 6.19. The van der Waals surface area contributed by atoms with Gasteiger partial charge in [0.2, 0.25) is 10.0 Å². The van der Waals surface area contributed by atoms with Gasteiger partial charge in [-0.2, -0.15) is 0 Å². The van der Waals surface area contributed by atoms with Crippen LogP contribution in [-0.2, 0) is 30.8 Å². The van der Waals surface area contributed by atoms with Gasteiger partial charge in [-0.15, -0.1) is 0 Å². The summed E-state index contributed by atoms with van der Waals surface area (Å²) in [5, 5.41) is 30.1. The Balaban J connectivity index is 0.00000523. The van der Waals surface area contributed by atoms with Gasteiger partial charge >= 0.3 is 6.09 Å². The van der Waals surface area contributed by atoms with E-state index in [9.17, 15) is 33.0 Å². The number of aliphatic hydroxyl groups is 2. The number of halogens is 1. The van der Waals surface area contributed by atoms with Crippen LogP contribution < -0.4 is 25.4 Å². The van der Waals surface area contributed by atoms with Crippen LogP contribution in [0.5, 0.6) is 11.5 Å². The number of rotatable bonds is 17. The van der Waals surface area contributed by atoms with Gasteiger partial charge in [-0.05, 0) is 85.5 Å². The molecule has 0 spiro atoms. The highest BCUT2D eigenvalue weighted by Crippen LogP contribution is 2.23. The topological polar surface area (TPSA) is 192 Å². The van der Waals surface area contributed by atoms with Crippen LogP contribution in [0.2, 0.25) is 5.02 Å². The highest BCUT2D eigenvalue weighted by Gasteiger charge is 2.35. The molecule has 0 bridgehead atoms. The van der Waals surface area contributed by atoms with Crippen molar-refractivity contribution in [3.05, 3.63) is 119 Å². The van der Waals surface area contributed by atoms with Crippen molar-refractivity contribution in [1.29, 1.82) is 0 Å². The van der Waals surface area contributed by atoms with Crippen molar-refractivity contribution in [3.63, 3.8) is 0 Å². The Morgan fingerprint density at radius 1 is 0.782 bits per heavy atom. The van der Waals surface area contributed by atoms with Crippen LogP contribution in [-0.4, -0.2) is 74.0 Å². The minimum atomic E-state index is -3.85. The van der Waals surface area contributed by atoms with Crippen LogP contribution in [0.25, 0.3) is 0 Å². The molecule has 4 atom stereocenters. The second-order valence-corrected chi connectivity index (χ2v) is 14.7. The van der Waals surface area contributed by atoms with Gasteiger partial charge < -0.3 is 30.3 Å². The van der Waals surface area contributed by atoms with Crippen molar-refractivity contribution in [3.8, 4) is 11.5 Å². The minimum Gasteiger partial charge on any atom is -0.457 e. The second kappa shape index (κ2) is 21.8. The number of benzene rings is 4. The molecule has 6 N–H and O–H groups in total. The Kier molecular flexibility index (Phi) is 18.3. The Labute approximate surface area is 328 Å².